The second-order valence-corrected chi connectivity index (χ2v) is 5.67. The van der Waals surface area contributed by atoms with Crippen LogP contribution in [0.3, 0.4) is 0 Å². The number of piperidine rings is 1. The maximum atomic E-state index is 10.8. The van der Waals surface area contributed by atoms with Crippen molar-refractivity contribution in [1.82, 2.24) is 5.32 Å². The van der Waals surface area contributed by atoms with Gasteiger partial charge in [-0.15, -0.1) is 0 Å². The van der Waals surface area contributed by atoms with Crippen molar-refractivity contribution in [1.29, 1.82) is 0 Å². The Balaban J connectivity index is 2.22. The van der Waals surface area contributed by atoms with Crippen molar-refractivity contribution in [2.24, 2.45) is 5.92 Å². The molecule has 4 heteroatoms. The van der Waals surface area contributed by atoms with Crippen molar-refractivity contribution in [2.45, 2.75) is 12.8 Å². The second kappa shape index (κ2) is 4.23. The Hall–Kier alpha value is -0.0900. The van der Waals surface area contributed by atoms with E-state index in [1.807, 2.05) is 0 Å². The predicted octanol–water partition coefficient (Wildman–Crippen LogP) is 0.235. The van der Waals surface area contributed by atoms with Crippen molar-refractivity contribution >= 4 is 9.84 Å². The molecule has 3 nitrogen and oxygen atoms in total. The van der Waals surface area contributed by atoms with Gasteiger partial charge in [-0.3, -0.25) is 0 Å². The summed E-state index contributed by atoms with van der Waals surface area (Å²) in [5, 5.41) is 3.25. The van der Waals surface area contributed by atoms with Crippen molar-refractivity contribution in [3.8, 4) is 0 Å². The molecule has 1 rings (SSSR count). The van der Waals surface area contributed by atoms with E-state index < -0.39 is 9.84 Å². The monoisotopic (exact) mass is 190 g/mol. The van der Waals surface area contributed by atoms with Crippen molar-refractivity contribution in [2.75, 3.05) is 25.1 Å². The van der Waals surface area contributed by atoms with Gasteiger partial charge in [0, 0.05) is 6.26 Å². The third-order valence-corrected chi connectivity index (χ3v) is 3.06. The van der Waals surface area contributed by atoms with Gasteiger partial charge in [-0.05, 0) is 38.3 Å². The molecule has 1 radical (unpaired) electrons. The van der Waals surface area contributed by atoms with E-state index in [4.69, 9.17) is 0 Å². The highest BCUT2D eigenvalue weighted by Crippen LogP contribution is 2.13. The van der Waals surface area contributed by atoms with Crippen LogP contribution in [0.2, 0.25) is 0 Å². The van der Waals surface area contributed by atoms with Crippen molar-refractivity contribution < 1.29 is 8.42 Å². The fourth-order valence-corrected chi connectivity index (χ4v) is 2.11. The van der Waals surface area contributed by atoms with Crippen LogP contribution in [0.5, 0.6) is 0 Å². The van der Waals surface area contributed by atoms with Gasteiger partial charge in [0.2, 0.25) is 0 Å². The van der Waals surface area contributed by atoms with E-state index in [0.717, 1.165) is 25.9 Å². The summed E-state index contributed by atoms with van der Waals surface area (Å²) >= 11 is 0. The van der Waals surface area contributed by atoms with Gasteiger partial charge in [-0.1, -0.05) is 0 Å². The van der Waals surface area contributed by atoms with E-state index >= 15 is 0 Å². The summed E-state index contributed by atoms with van der Waals surface area (Å²) in [6.07, 6.45) is 5.35. The van der Waals surface area contributed by atoms with E-state index in [2.05, 4.69) is 11.7 Å². The SMILES string of the molecule is CS(=O)(=O)CCC1[CH]CCNC1. The topological polar surface area (TPSA) is 46.2 Å². The quantitative estimate of drug-likeness (QED) is 0.693. The third-order valence-electron chi connectivity index (χ3n) is 2.09. The van der Waals surface area contributed by atoms with Gasteiger partial charge in [-0.2, -0.15) is 0 Å². The van der Waals surface area contributed by atoms with Gasteiger partial charge in [0.1, 0.15) is 9.84 Å². The molecule has 0 aromatic rings. The molecule has 0 saturated carbocycles. The number of sulfone groups is 1. The van der Waals surface area contributed by atoms with E-state index in [9.17, 15) is 8.42 Å². The minimum Gasteiger partial charge on any atom is -0.316 e. The van der Waals surface area contributed by atoms with Crippen LogP contribution in [0.15, 0.2) is 0 Å². The van der Waals surface area contributed by atoms with E-state index in [-0.39, 0.29) is 0 Å². The molecule has 0 bridgehead atoms. The van der Waals surface area contributed by atoms with Crippen LogP contribution in [0.25, 0.3) is 0 Å². The summed E-state index contributed by atoms with van der Waals surface area (Å²) in [5.74, 6) is 0.768. The van der Waals surface area contributed by atoms with Gasteiger partial charge in [-0.25, -0.2) is 8.42 Å². The molecular weight excluding hydrogens is 174 g/mol. The molecule has 1 atom stereocenters. The Morgan fingerprint density at radius 1 is 1.58 bits per heavy atom. The molecule has 1 aliphatic heterocycles. The Morgan fingerprint density at radius 2 is 2.33 bits per heavy atom. The van der Waals surface area contributed by atoms with Gasteiger partial charge in [0.25, 0.3) is 0 Å². The molecule has 1 unspecified atom stereocenters. The van der Waals surface area contributed by atoms with Gasteiger partial charge >= 0.3 is 0 Å². The minimum atomic E-state index is -2.77. The van der Waals surface area contributed by atoms with Crippen LogP contribution in [0, 0.1) is 12.3 Å². The third kappa shape index (κ3) is 4.07. The van der Waals surface area contributed by atoms with Crippen LogP contribution in [0.1, 0.15) is 12.8 Å². The average Bonchev–Trinajstić information content (AvgIpc) is 2.02. The molecule has 0 aromatic carbocycles. The zero-order valence-corrected chi connectivity index (χ0v) is 8.23. The highest BCUT2D eigenvalue weighted by Gasteiger charge is 2.14. The van der Waals surface area contributed by atoms with E-state index in [0.29, 0.717) is 11.7 Å². The molecule has 71 valence electrons. The van der Waals surface area contributed by atoms with Gasteiger partial charge in [0.15, 0.2) is 0 Å². The lowest BCUT2D eigenvalue weighted by atomic mass is 9.97. The van der Waals surface area contributed by atoms with Gasteiger partial charge in [0.05, 0.1) is 5.75 Å². The summed E-state index contributed by atoms with van der Waals surface area (Å²) in [7, 11) is -2.77. The molecule has 1 saturated heterocycles. The Morgan fingerprint density at radius 3 is 2.83 bits per heavy atom. The normalized spacial score (nSPS) is 25.6. The maximum absolute atomic E-state index is 10.8. The summed E-state index contributed by atoms with van der Waals surface area (Å²) in [5.41, 5.74) is 0. The predicted molar refractivity (Wildman–Crippen MR) is 49.6 cm³/mol. The zero-order valence-electron chi connectivity index (χ0n) is 7.41. The lowest BCUT2D eigenvalue weighted by molar-refractivity contribution is 0.453. The Labute approximate surface area is 74.5 Å². The summed E-state index contributed by atoms with van der Waals surface area (Å²) < 4.78 is 21.7. The lowest BCUT2D eigenvalue weighted by Gasteiger charge is -2.21. The second-order valence-electron chi connectivity index (χ2n) is 3.41. The fraction of sp³-hybridized carbons (Fsp3) is 0.875. The molecule has 1 heterocycles. The number of rotatable bonds is 3. The standard InChI is InChI=1S/C8H16NO2S/c1-12(10,11)6-4-8-3-2-5-9-7-8/h3,8-9H,2,4-7H2,1H3. The first-order valence-electron chi connectivity index (χ1n) is 4.30. The zero-order chi connectivity index (χ0) is 9.03. The van der Waals surface area contributed by atoms with Gasteiger partial charge < -0.3 is 5.32 Å². The van der Waals surface area contributed by atoms with E-state index in [1.54, 1.807) is 0 Å². The maximum Gasteiger partial charge on any atom is 0.147 e. The van der Waals surface area contributed by atoms with Crippen LogP contribution >= 0.6 is 0 Å². The molecule has 1 aliphatic rings. The fourth-order valence-electron chi connectivity index (χ4n) is 1.38. The molecule has 1 N–H and O–H groups in total. The van der Waals surface area contributed by atoms with Crippen molar-refractivity contribution in [3.05, 3.63) is 6.42 Å². The van der Waals surface area contributed by atoms with Crippen LogP contribution < -0.4 is 5.32 Å². The first-order chi connectivity index (χ1) is 5.58. The highest BCUT2D eigenvalue weighted by molar-refractivity contribution is 7.90. The lowest BCUT2D eigenvalue weighted by Crippen LogP contribution is -2.31. The molecular formula is C8H16NO2S. The summed E-state index contributed by atoms with van der Waals surface area (Å²) in [6, 6.07) is 0. The van der Waals surface area contributed by atoms with Crippen LogP contribution in [0.4, 0.5) is 0 Å². The smallest absolute Gasteiger partial charge is 0.147 e. The molecule has 0 aromatic heterocycles. The molecule has 0 spiro atoms. The first kappa shape index (κ1) is 9.99. The van der Waals surface area contributed by atoms with E-state index in [1.165, 1.54) is 6.26 Å². The number of hydrogen-bond acceptors (Lipinski definition) is 3. The Bertz CT molecular complexity index is 217. The first-order valence-corrected chi connectivity index (χ1v) is 6.36. The summed E-state index contributed by atoms with van der Waals surface area (Å²) in [6.45, 7) is 1.98. The summed E-state index contributed by atoms with van der Waals surface area (Å²) in [4.78, 5) is 0. The number of nitrogens with one attached hydrogen (secondary N) is 1. The van der Waals surface area contributed by atoms with Crippen LogP contribution in [-0.2, 0) is 9.84 Å². The molecule has 1 fully saturated rings. The molecule has 0 amide bonds. The molecule has 0 aliphatic carbocycles. The van der Waals surface area contributed by atoms with Crippen molar-refractivity contribution in [3.63, 3.8) is 0 Å². The largest absolute Gasteiger partial charge is 0.316 e. The average molecular weight is 190 g/mol. The Kier molecular flexibility index (Phi) is 3.53. The molecule has 12 heavy (non-hydrogen) atoms. The van der Waals surface area contributed by atoms with Crippen LogP contribution in [-0.4, -0.2) is 33.5 Å². The highest BCUT2D eigenvalue weighted by atomic mass is 32.2. The number of hydrogen-bond donors (Lipinski definition) is 1. The minimum absolute atomic E-state index is 0.315.